The van der Waals surface area contributed by atoms with Crippen molar-refractivity contribution in [3.8, 4) is 17.7 Å². The van der Waals surface area contributed by atoms with Crippen LogP contribution in [0, 0.1) is 11.3 Å². The molecule has 1 aromatic heterocycles. The molecule has 1 aromatic carbocycles. The summed E-state index contributed by atoms with van der Waals surface area (Å²) in [5.41, 5.74) is 1.35. The van der Waals surface area contributed by atoms with Gasteiger partial charge >= 0.3 is 0 Å². The Hall–Kier alpha value is -2.54. The third-order valence-corrected chi connectivity index (χ3v) is 2.34. The second-order valence-electron chi connectivity index (χ2n) is 3.60. The van der Waals surface area contributed by atoms with Crippen LogP contribution in [0.4, 0.5) is 0 Å². The van der Waals surface area contributed by atoms with Crippen molar-refractivity contribution >= 4 is 0 Å². The van der Waals surface area contributed by atoms with Crippen molar-refractivity contribution in [1.29, 1.82) is 5.26 Å². The predicted octanol–water partition coefficient (Wildman–Crippen LogP) is 2.54. The molecule has 4 nitrogen and oxygen atoms in total. The number of pyridine rings is 1. The maximum Gasteiger partial charge on any atom is 0.213 e. The number of aromatic nitrogens is 1. The van der Waals surface area contributed by atoms with Gasteiger partial charge in [-0.15, -0.1) is 0 Å². The SMILES string of the molecule is COc1cccc(COc2cccc(C#N)c2)n1. The molecule has 0 N–H and O–H groups in total. The molecule has 0 saturated carbocycles. The van der Waals surface area contributed by atoms with Crippen molar-refractivity contribution in [3.05, 3.63) is 53.7 Å². The van der Waals surface area contributed by atoms with Crippen molar-refractivity contribution in [3.63, 3.8) is 0 Å². The van der Waals surface area contributed by atoms with Gasteiger partial charge in [0.2, 0.25) is 5.88 Å². The molecule has 0 amide bonds. The normalized spacial score (nSPS) is 9.56. The first-order valence-electron chi connectivity index (χ1n) is 5.44. The summed E-state index contributed by atoms with van der Waals surface area (Å²) in [4.78, 5) is 4.24. The van der Waals surface area contributed by atoms with Crippen molar-refractivity contribution in [1.82, 2.24) is 4.98 Å². The monoisotopic (exact) mass is 240 g/mol. The van der Waals surface area contributed by atoms with Crippen LogP contribution in [0.3, 0.4) is 0 Å². The van der Waals surface area contributed by atoms with Crippen molar-refractivity contribution in [2.75, 3.05) is 7.11 Å². The lowest BCUT2D eigenvalue weighted by Crippen LogP contribution is -1.99. The predicted molar refractivity (Wildman–Crippen MR) is 66.3 cm³/mol. The van der Waals surface area contributed by atoms with Crippen LogP contribution in [-0.2, 0) is 6.61 Å². The van der Waals surface area contributed by atoms with Gasteiger partial charge in [-0.2, -0.15) is 5.26 Å². The molecule has 18 heavy (non-hydrogen) atoms. The lowest BCUT2D eigenvalue weighted by Gasteiger charge is -2.06. The average molecular weight is 240 g/mol. The molecule has 0 spiro atoms. The average Bonchev–Trinajstić information content (AvgIpc) is 2.45. The van der Waals surface area contributed by atoms with Crippen LogP contribution in [0.1, 0.15) is 11.3 Å². The second kappa shape index (κ2) is 5.69. The van der Waals surface area contributed by atoms with Gasteiger partial charge in [0, 0.05) is 6.07 Å². The summed E-state index contributed by atoms with van der Waals surface area (Å²) >= 11 is 0. The standard InChI is InChI=1S/C14H12N2O2/c1-17-14-7-3-5-12(16-14)10-18-13-6-2-4-11(8-13)9-15/h2-8H,10H2,1H3. The van der Waals surface area contributed by atoms with E-state index < -0.39 is 0 Å². The number of hydrogen-bond donors (Lipinski definition) is 0. The highest BCUT2D eigenvalue weighted by Crippen LogP contribution is 2.15. The summed E-state index contributed by atoms with van der Waals surface area (Å²) in [5, 5.41) is 8.78. The van der Waals surface area contributed by atoms with E-state index in [1.54, 1.807) is 37.4 Å². The molecule has 0 aliphatic heterocycles. The van der Waals surface area contributed by atoms with Crippen LogP contribution in [-0.4, -0.2) is 12.1 Å². The van der Waals surface area contributed by atoms with E-state index >= 15 is 0 Å². The summed E-state index contributed by atoms with van der Waals surface area (Å²) in [7, 11) is 1.57. The first kappa shape index (κ1) is 11.9. The van der Waals surface area contributed by atoms with Gasteiger partial charge in [0.25, 0.3) is 0 Å². The number of hydrogen-bond acceptors (Lipinski definition) is 4. The van der Waals surface area contributed by atoms with E-state index in [0.29, 0.717) is 23.8 Å². The van der Waals surface area contributed by atoms with E-state index in [1.165, 1.54) is 0 Å². The zero-order valence-corrected chi connectivity index (χ0v) is 9.96. The zero-order chi connectivity index (χ0) is 12.8. The van der Waals surface area contributed by atoms with E-state index in [0.717, 1.165) is 5.69 Å². The van der Waals surface area contributed by atoms with Crippen molar-refractivity contribution in [2.45, 2.75) is 6.61 Å². The van der Waals surface area contributed by atoms with Crippen LogP contribution < -0.4 is 9.47 Å². The third-order valence-electron chi connectivity index (χ3n) is 2.34. The molecule has 0 aliphatic carbocycles. The van der Waals surface area contributed by atoms with Gasteiger partial charge < -0.3 is 9.47 Å². The van der Waals surface area contributed by atoms with Gasteiger partial charge in [-0.1, -0.05) is 12.1 Å². The summed E-state index contributed by atoms with van der Waals surface area (Å²) in [6, 6.07) is 14.6. The molecule has 0 fully saturated rings. The minimum atomic E-state index is 0.339. The van der Waals surface area contributed by atoms with Gasteiger partial charge in [0.1, 0.15) is 12.4 Å². The van der Waals surface area contributed by atoms with Crippen LogP contribution in [0.25, 0.3) is 0 Å². The topological polar surface area (TPSA) is 55.1 Å². The minimum absolute atomic E-state index is 0.339. The van der Waals surface area contributed by atoms with Crippen LogP contribution in [0.2, 0.25) is 0 Å². The molecular formula is C14H12N2O2. The first-order chi connectivity index (χ1) is 8.81. The lowest BCUT2D eigenvalue weighted by atomic mass is 10.2. The fraction of sp³-hybridized carbons (Fsp3) is 0.143. The summed E-state index contributed by atoms with van der Waals surface area (Å²) in [5.74, 6) is 1.21. The van der Waals surface area contributed by atoms with Crippen LogP contribution >= 0.6 is 0 Å². The Morgan fingerprint density at radius 3 is 2.83 bits per heavy atom. The number of methoxy groups -OCH3 is 1. The number of rotatable bonds is 4. The quantitative estimate of drug-likeness (QED) is 0.824. The number of nitrogens with zero attached hydrogens (tertiary/aromatic N) is 2. The zero-order valence-electron chi connectivity index (χ0n) is 9.96. The van der Waals surface area contributed by atoms with E-state index in [1.807, 2.05) is 12.1 Å². The Balaban J connectivity index is 2.04. The molecule has 4 heteroatoms. The number of nitriles is 1. The largest absolute Gasteiger partial charge is 0.487 e. The summed E-state index contributed by atoms with van der Waals surface area (Å²) in [6.07, 6.45) is 0. The molecule has 0 radical (unpaired) electrons. The fourth-order valence-corrected chi connectivity index (χ4v) is 1.46. The molecule has 90 valence electrons. The lowest BCUT2D eigenvalue weighted by molar-refractivity contribution is 0.298. The van der Waals surface area contributed by atoms with Gasteiger partial charge in [-0.25, -0.2) is 4.98 Å². The third kappa shape index (κ3) is 2.98. The molecule has 0 aliphatic rings. The van der Waals surface area contributed by atoms with Gasteiger partial charge in [-0.3, -0.25) is 0 Å². The second-order valence-corrected chi connectivity index (χ2v) is 3.60. The summed E-state index contributed by atoms with van der Waals surface area (Å²) < 4.78 is 10.6. The fourth-order valence-electron chi connectivity index (χ4n) is 1.46. The van der Waals surface area contributed by atoms with Crippen LogP contribution in [0.15, 0.2) is 42.5 Å². The highest BCUT2D eigenvalue weighted by molar-refractivity contribution is 5.36. The maximum absolute atomic E-state index is 8.78. The Bertz CT molecular complexity index is 576. The molecular weight excluding hydrogens is 228 g/mol. The highest BCUT2D eigenvalue weighted by Gasteiger charge is 2.00. The first-order valence-corrected chi connectivity index (χ1v) is 5.44. The Kier molecular flexibility index (Phi) is 3.77. The van der Waals surface area contributed by atoms with E-state index in [4.69, 9.17) is 14.7 Å². The Morgan fingerprint density at radius 2 is 2.06 bits per heavy atom. The molecule has 0 bridgehead atoms. The van der Waals surface area contributed by atoms with Crippen molar-refractivity contribution < 1.29 is 9.47 Å². The van der Waals surface area contributed by atoms with Crippen molar-refractivity contribution in [2.24, 2.45) is 0 Å². The van der Waals surface area contributed by atoms with Gasteiger partial charge in [-0.05, 0) is 24.3 Å². The van der Waals surface area contributed by atoms with Gasteiger partial charge in [0.05, 0.1) is 24.4 Å². The smallest absolute Gasteiger partial charge is 0.213 e. The number of ether oxygens (including phenoxy) is 2. The highest BCUT2D eigenvalue weighted by atomic mass is 16.5. The molecule has 2 aromatic rings. The van der Waals surface area contributed by atoms with E-state index in [2.05, 4.69) is 11.1 Å². The molecule has 1 heterocycles. The Labute approximate surface area is 105 Å². The molecule has 0 unspecified atom stereocenters. The molecule has 0 saturated heterocycles. The van der Waals surface area contributed by atoms with E-state index in [-0.39, 0.29) is 0 Å². The van der Waals surface area contributed by atoms with Crippen LogP contribution in [0.5, 0.6) is 11.6 Å². The van der Waals surface area contributed by atoms with E-state index in [9.17, 15) is 0 Å². The van der Waals surface area contributed by atoms with Gasteiger partial charge in [0.15, 0.2) is 0 Å². The maximum atomic E-state index is 8.78. The Morgan fingerprint density at radius 1 is 1.22 bits per heavy atom. The molecule has 0 atom stereocenters. The minimum Gasteiger partial charge on any atom is -0.487 e. The summed E-state index contributed by atoms with van der Waals surface area (Å²) in [6.45, 7) is 0.339. The molecule has 2 rings (SSSR count). The number of benzene rings is 1.